The number of hydrazine groups is 1. The van der Waals surface area contributed by atoms with Crippen LogP contribution in [0, 0.1) is 0 Å². The lowest BCUT2D eigenvalue weighted by molar-refractivity contribution is 0.172. The van der Waals surface area contributed by atoms with Gasteiger partial charge in [-0.25, -0.2) is 5.01 Å². The van der Waals surface area contributed by atoms with Crippen LogP contribution in [0.25, 0.3) is 0 Å². The summed E-state index contributed by atoms with van der Waals surface area (Å²) in [5, 5.41) is 11.8. The highest BCUT2D eigenvalue weighted by molar-refractivity contribution is 6.30. The molecule has 1 unspecified atom stereocenters. The number of hydrogen-bond donors (Lipinski definition) is 2. The number of rotatable bonds is 2. The van der Waals surface area contributed by atoms with Crippen LogP contribution in [0.15, 0.2) is 24.3 Å². The molecule has 2 rings (SSSR count). The molecule has 0 saturated carbocycles. The van der Waals surface area contributed by atoms with Crippen molar-refractivity contribution in [1.82, 2.24) is 5.01 Å². The Morgan fingerprint density at radius 1 is 1.31 bits per heavy atom. The second kappa shape index (κ2) is 5.01. The zero-order valence-corrected chi connectivity index (χ0v) is 9.77. The fourth-order valence-electron chi connectivity index (χ4n) is 2.01. The van der Waals surface area contributed by atoms with Crippen LogP contribution in [0.5, 0.6) is 0 Å². The number of halogens is 1. The molecule has 1 aromatic rings. The van der Waals surface area contributed by atoms with Gasteiger partial charge in [-0.15, -0.1) is 0 Å². The van der Waals surface area contributed by atoms with Crippen LogP contribution >= 0.6 is 11.6 Å². The standard InChI is InChI=1S/C11H16ClN3O/c12-9-1-3-10(4-2-9)15-6-5-14(13)7-11(15)8-16/h1-4,11,16H,5-8,13H2. The minimum absolute atomic E-state index is 0.0555. The molecule has 1 heterocycles. The molecule has 5 heteroatoms. The van der Waals surface area contributed by atoms with Crippen molar-refractivity contribution in [1.29, 1.82) is 0 Å². The minimum atomic E-state index is 0.0555. The highest BCUT2D eigenvalue weighted by Crippen LogP contribution is 2.21. The Hall–Kier alpha value is -0.810. The molecule has 88 valence electrons. The zero-order valence-electron chi connectivity index (χ0n) is 9.01. The lowest BCUT2D eigenvalue weighted by Gasteiger charge is -2.40. The Balaban J connectivity index is 2.15. The third-order valence-corrected chi connectivity index (χ3v) is 3.14. The van der Waals surface area contributed by atoms with Crippen LogP contribution in [-0.4, -0.2) is 42.4 Å². The Bertz CT molecular complexity index is 344. The lowest BCUT2D eigenvalue weighted by atomic mass is 10.1. The summed E-state index contributed by atoms with van der Waals surface area (Å²) in [5.41, 5.74) is 1.08. The van der Waals surface area contributed by atoms with Gasteiger partial charge in [0.15, 0.2) is 0 Å². The van der Waals surface area contributed by atoms with Crippen LogP contribution < -0.4 is 10.7 Å². The van der Waals surface area contributed by atoms with Gasteiger partial charge in [-0.05, 0) is 24.3 Å². The average Bonchev–Trinajstić information content (AvgIpc) is 2.30. The van der Waals surface area contributed by atoms with Gasteiger partial charge in [0.05, 0.1) is 12.6 Å². The maximum absolute atomic E-state index is 9.35. The summed E-state index contributed by atoms with van der Waals surface area (Å²) in [7, 11) is 0. The second-order valence-electron chi connectivity index (χ2n) is 4.00. The SMILES string of the molecule is NN1CCN(c2ccc(Cl)cc2)C(CO)C1. The van der Waals surface area contributed by atoms with Gasteiger partial charge in [-0.1, -0.05) is 11.6 Å². The molecule has 4 nitrogen and oxygen atoms in total. The number of nitrogens with zero attached hydrogens (tertiary/aromatic N) is 2. The van der Waals surface area contributed by atoms with Crippen molar-refractivity contribution in [2.24, 2.45) is 5.84 Å². The van der Waals surface area contributed by atoms with Gasteiger partial charge >= 0.3 is 0 Å². The van der Waals surface area contributed by atoms with Crippen molar-refractivity contribution in [3.63, 3.8) is 0 Å². The smallest absolute Gasteiger partial charge is 0.0662 e. The summed E-state index contributed by atoms with van der Waals surface area (Å²) in [6, 6.07) is 7.72. The first-order chi connectivity index (χ1) is 7.70. The van der Waals surface area contributed by atoms with Gasteiger partial charge in [0.25, 0.3) is 0 Å². The van der Waals surface area contributed by atoms with Gasteiger partial charge in [-0.3, -0.25) is 5.84 Å². The number of aliphatic hydroxyl groups is 1. The van der Waals surface area contributed by atoms with E-state index in [4.69, 9.17) is 17.4 Å². The molecule has 0 amide bonds. The molecule has 0 aliphatic carbocycles. The molecule has 1 atom stereocenters. The first-order valence-electron chi connectivity index (χ1n) is 5.33. The zero-order chi connectivity index (χ0) is 11.5. The third kappa shape index (κ3) is 2.47. The van der Waals surface area contributed by atoms with E-state index in [1.165, 1.54) is 0 Å². The third-order valence-electron chi connectivity index (χ3n) is 2.88. The largest absolute Gasteiger partial charge is 0.394 e. The van der Waals surface area contributed by atoms with Crippen molar-refractivity contribution in [2.45, 2.75) is 6.04 Å². The molecule has 16 heavy (non-hydrogen) atoms. The summed E-state index contributed by atoms with van der Waals surface area (Å²) >= 11 is 5.85. The van der Waals surface area contributed by atoms with Crippen molar-refractivity contribution in [3.05, 3.63) is 29.3 Å². The molecular weight excluding hydrogens is 226 g/mol. The van der Waals surface area contributed by atoms with Gasteiger partial charge in [0.2, 0.25) is 0 Å². The van der Waals surface area contributed by atoms with Gasteiger partial charge in [0.1, 0.15) is 0 Å². The number of anilines is 1. The normalized spacial score (nSPS) is 22.4. The molecule has 0 bridgehead atoms. The molecule has 0 aromatic heterocycles. The quantitative estimate of drug-likeness (QED) is 0.749. The summed E-state index contributed by atoms with van der Waals surface area (Å²) < 4.78 is 0. The predicted molar refractivity (Wildman–Crippen MR) is 65.4 cm³/mol. The molecule has 3 N–H and O–H groups in total. The van der Waals surface area contributed by atoms with E-state index >= 15 is 0 Å². The molecule has 1 aliphatic rings. The van der Waals surface area contributed by atoms with E-state index < -0.39 is 0 Å². The monoisotopic (exact) mass is 241 g/mol. The number of hydrogen-bond acceptors (Lipinski definition) is 4. The molecule has 0 spiro atoms. The Labute approximate surface area is 100 Å². The topological polar surface area (TPSA) is 52.7 Å². The van der Waals surface area contributed by atoms with Crippen LogP contribution in [-0.2, 0) is 0 Å². The van der Waals surface area contributed by atoms with Crippen LogP contribution in [0.2, 0.25) is 5.02 Å². The summed E-state index contributed by atoms with van der Waals surface area (Å²) in [6.45, 7) is 2.41. The maximum Gasteiger partial charge on any atom is 0.0662 e. The number of benzene rings is 1. The minimum Gasteiger partial charge on any atom is -0.394 e. The molecule has 0 radical (unpaired) electrons. The highest BCUT2D eigenvalue weighted by Gasteiger charge is 2.24. The first kappa shape index (κ1) is 11.7. The highest BCUT2D eigenvalue weighted by atomic mass is 35.5. The summed E-state index contributed by atoms with van der Waals surface area (Å²) in [6.07, 6.45) is 0. The average molecular weight is 242 g/mol. The second-order valence-corrected chi connectivity index (χ2v) is 4.44. The lowest BCUT2D eigenvalue weighted by Crippen LogP contribution is -2.57. The molecule has 1 fully saturated rings. The number of piperazine rings is 1. The maximum atomic E-state index is 9.35. The molecular formula is C11H16ClN3O. The van der Waals surface area contributed by atoms with Crippen LogP contribution in [0.4, 0.5) is 5.69 Å². The first-order valence-corrected chi connectivity index (χ1v) is 5.71. The van der Waals surface area contributed by atoms with Gasteiger partial charge < -0.3 is 10.0 Å². The Morgan fingerprint density at radius 3 is 2.62 bits per heavy atom. The Morgan fingerprint density at radius 2 is 2.00 bits per heavy atom. The fourth-order valence-corrected chi connectivity index (χ4v) is 2.13. The number of nitrogens with two attached hydrogens (primary N) is 1. The van der Waals surface area contributed by atoms with E-state index in [1.807, 2.05) is 24.3 Å². The van der Waals surface area contributed by atoms with Crippen LogP contribution in [0.3, 0.4) is 0 Å². The van der Waals surface area contributed by atoms with E-state index in [0.717, 1.165) is 23.8 Å². The fraction of sp³-hybridized carbons (Fsp3) is 0.455. The molecule has 1 aliphatic heterocycles. The van der Waals surface area contributed by atoms with Crippen LogP contribution in [0.1, 0.15) is 0 Å². The van der Waals surface area contributed by atoms with Crippen molar-refractivity contribution < 1.29 is 5.11 Å². The van der Waals surface area contributed by atoms with E-state index in [9.17, 15) is 5.11 Å². The number of aliphatic hydroxyl groups excluding tert-OH is 1. The van der Waals surface area contributed by atoms with E-state index in [1.54, 1.807) is 5.01 Å². The molecule has 1 aromatic carbocycles. The molecule has 1 saturated heterocycles. The van der Waals surface area contributed by atoms with E-state index in [-0.39, 0.29) is 12.6 Å². The Kier molecular flexibility index (Phi) is 3.66. The summed E-state index contributed by atoms with van der Waals surface area (Å²) in [4.78, 5) is 2.17. The predicted octanol–water partition coefficient (Wildman–Crippen LogP) is 0.697. The van der Waals surface area contributed by atoms with E-state index in [2.05, 4.69) is 4.90 Å². The van der Waals surface area contributed by atoms with E-state index in [0.29, 0.717) is 6.54 Å². The van der Waals surface area contributed by atoms with Crippen molar-refractivity contribution in [2.75, 3.05) is 31.1 Å². The van der Waals surface area contributed by atoms with Crippen molar-refractivity contribution >= 4 is 17.3 Å². The van der Waals surface area contributed by atoms with Gasteiger partial charge in [-0.2, -0.15) is 0 Å². The van der Waals surface area contributed by atoms with Crippen molar-refractivity contribution in [3.8, 4) is 0 Å². The summed E-state index contributed by atoms with van der Waals surface area (Å²) in [5.74, 6) is 5.74. The van der Waals surface area contributed by atoms with Gasteiger partial charge in [0, 0.05) is 30.3 Å².